The molecule has 0 aliphatic heterocycles. The summed E-state index contributed by atoms with van der Waals surface area (Å²) in [5, 5.41) is 0. The fourth-order valence-corrected chi connectivity index (χ4v) is 3.17. The van der Waals surface area contributed by atoms with Crippen molar-refractivity contribution in [1.82, 2.24) is 4.90 Å². The van der Waals surface area contributed by atoms with E-state index in [0.717, 1.165) is 11.1 Å². The summed E-state index contributed by atoms with van der Waals surface area (Å²) in [5.41, 5.74) is -0.289. The van der Waals surface area contributed by atoms with E-state index < -0.39 is 23.2 Å². The quantitative estimate of drug-likeness (QED) is 0.440. The molecule has 0 aliphatic rings. The van der Waals surface area contributed by atoms with Gasteiger partial charge in [-0.25, -0.2) is 4.79 Å². The van der Waals surface area contributed by atoms with Crippen LogP contribution < -0.4 is 4.74 Å². The smallest absolute Gasteiger partial charge is 0.342 e. The Hall–Kier alpha value is -3.19. The van der Waals surface area contributed by atoms with Gasteiger partial charge >= 0.3 is 5.97 Å². The third kappa shape index (κ3) is 5.24. The van der Waals surface area contributed by atoms with Gasteiger partial charge in [0.05, 0.1) is 27.4 Å². The van der Waals surface area contributed by atoms with Crippen LogP contribution in [0, 0.1) is 0 Å². The highest BCUT2D eigenvalue weighted by Gasteiger charge is 2.51. The molecule has 160 valence electrons. The maximum Gasteiger partial charge on any atom is 0.342 e. The van der Waals surface area contributed by atoms with Gasteiger partial charge < -0.3 is 19.1 Å². The van der Waals surface area contributed by atoms with Crippen LogP contribution in [0.15, 0.2) is 54.6 Å². The summed E-state index contributed by atoms with van der Waals surface area (Å²) in [7, 11) is 2.74. The van der Waals surface area contributed by atoms with Crippen molar-refractivity contribution in [1.29, 1.82) is 0 Å². The van der Waals surface area contributed by atoms with Crippen molar-refractivity contribution in [2.45, 2.75) is 32.5 Å². The SMILES string of the molecule is COC(=O)[C@@](COCc1ccccc1)(C(C)=O)N(Cc1ccc(OC)cc1)C(C)=O. The summed E-state index contributed by atoms with van der Waals surface area (Å²) < 4.78 is 15.8. The van der Waals surface area contributed by atoms with Gasteiger partial charge in [-0.1, -0.05) is 42.5 Å². The van der Waals surface area contributed by atoms with Gasteiger partial charge in [0.1, 0.15) is 5.75 Å². The molecule has 7 heteroatoms. The molecule has 0 unspecified atom stereocenters. The van der Waals surface area contributed by atoms with E-state index in [1.54, 1.807) is 31.4 Å². The predicted octanol–water partition coefficient (Wildman–Crippen LogP) is 2.76. The number of Topliss-reactive ketones (excluding diaryl/α,β-unsaturated/α-hetero) is 1. The zero-order valence-electron chi connectivity index (χ0n) is 17.7. The van der Waals surface area contributed by atoms with Crippen molar-refractivity contribution >= 4 is 17.7 Å². The average Bonchev–Trinajstić information content (AvgIpc) is 2.75. The Kier molecular flexibility index (Phi) is 8.12. The second kappa shape index (κ2) is 10.5. The summed E-state index contributed by atoms with van der Waals surface area (Å²) in [6.45, 7) is 2.46. The Morgan fingerprint density at radius 1 is 0.900 bits per heavy atom. The van der Waals surface area contributed by atoms with Gasteiger partial charge in [0.25, 0.3) is 0 Å². The predicted molar refractivity (Wildman–Crippen MR) is 111 cm³/mol. The molecule has 0 bridgehead atoms. The molecule has 2 rings (SSSR count). The van der Waals surface area contributed by atoms with E-state index >= 15 is 0 Å². The second-order valence-corrected chi connectivity index (χ2v) is 6.84. The van der Waals surface area contributed by atoms with Crippen molar-refractivity contribution in [2.24, 2.45) is 0 Å². The first-order valence-corrected chi connectivity index (χ1v) is 9.47. The number of amides is 1. The molecule has 0 saturated heterocycles. The van der Waals surface area contributed by atoms with E-state index in [-0.39, 0.29) is 19.8 Å². The molecule has 0 aromatic heterocycles. The first kappa shape index (κ1) is 23.1. The maximum absolute atomic E-state index is 12.8. The van der Waals surface area contributed by atoms with Gasteiger partial charge in [0.2, 0.25) is 11.4 Å². The van der Waals surface area contributed by atoms with E-state index in [2.05, 4.69) is 0 Å². The summed E-state index contributed by atoms with van der Waals surface area (Å²) in [4.78, 5) is 39.3. The monoisotopic (exact) mass is 413 g/mol. The van der Waals surface area contributed by atoms with Crippen molar-refractivity contribution in [3.05, 3.63) is 65.7 Å². The molecule has 0 saturated carbocycles. The van der Waals surface area contributed by atoms with Gasteiger partial charge in [-0.05, 0) is 30.2 Å². The number of ether oxygens (including phenoxy) is 3. The molecule has 1 amide bonds. The molecule has 0 spiro atoms. The maximum atomic E-state index is 12.8. The number of carbonyl (C=O) groups is 3. The Morgan fingerprint density at radius 3 is 2.03 bits per heavy atom. The minimum atomic E-state index is -1.89. The highest BCUT2D eigenvalue weighted by atomic mass is 16.5. The van der Waals surface area contributed by atoms with Gasteiger partial charge in [-0.3, -0.25) is 9.59 Å². The fraction of sp³-hybridized carbons (Fsp3) is 0.348. The van der Waals surface area contributed by atoms with Crippen LogP contribution >= 0.6 is 0 Å². The van der Waals surface area contributed by atoms with Crippen molar-refractivity contribution in [2.75, 3.05) is 20.8 Å². The standard InChI is InChI=1S/C23H27NO6/c1-17(25)23(22(27)29-4,16-30-15-20-8-6-5-7-9-20)24(18(2)26)14-19-10-12-21(28-3)13-11-19/h5-13H,14-16H2,1-4H3/t23-/m1/s1. The largest absolute Gasteiger partial charge is 0.497 e. The van der Waals surface area contributed by atoms with Crippen LogP contribution in [0.5, 0.6) is 5.75 Å². The third-order valence-electron chi connectivity index (χ3n) is 4.87. The molecular formula is C23H27NO6. The molecule has 1 atom stereocenters. The first-order chi connectivity index (χ1) is 14.3. The number of ketones is 1. The highest BCUT2D eigenvalue weighted by Crippen LogP contribution is 2.25. The Balaban J connectivity index is 2.35. The number of esters is 1. The number of nitrogens with zero attached hydrogens (tertiary/aromatic N) is 1. The zero-order chi connectivity index (χ0) is 22.1. The van der Waals surface area contributed by atoms with Crippen LogP contribution in [-0.4, -0.2) is 48.9 Å². The number of hydrogen-bond donors (Lipinski definition) is 0. The average molecular weight is 413 g/mol. The molecule has 2 aromatic carbocycles. The molecule has 2 aromatic rings. The van der Waals surface area contributed by atoms with E-state index in [1.165, 1.54) is 25.9 Å². The van der Waals surface area contributed by atoms with Crippen molar-refractivity contribution in [3.8, 4) is 5.75 Å². The topological polar surface area (TPSA) is 82.1 Å². The summed E-state index contributed by atoms with van der Waals surface area (Å²) in [6, 6.07) is 16.4. The molecular weight excluding hydrogens is 386 g/mol. The summed E-state index contributed by atoms with van der Waals surface area (Å²) >= 11 is 0. The van der Waals surface area contributed by atoms with Gasteiger partial charge in [-0.2, -0.15) is 0 Å². The molecule has 0 radical (unpaired) electrons. The normalized spacial score (nSPS) is 12.5. The lowest BCUT2D eigenvalue weighted by Gasteiger charge is -2.39. The van der Waals surface area contributed by atoms with E-state index in [9.17, 15) is 14.4 Å². The van der Waals surface area contributed by atoms with Gasteiger partial charge in [-0.15, -0.1) is 0 Å². The molecule has 0 N–H and O–H groups in total. The second-order valence-electron chi connectivity index (χ2n) is 6.84. The Morgan fingerprint density at radius 2 is 1.53 bits per heavy atom. The van der Waals surface area contributed by atoms with Gasteiger partial charge in [0, 0.05) is 13.5 Å². The third-order valence-corrected chi connectivity index (χ3v) is 4.87. The molecule has 0 aliphatic carbocycles. The Bertz CT molecular complexity index is 865. The molecule has 0 heterocycles. The number of rotatable bonds is 10. The van der Waals surface area contributed by atoms with Crippen LogP contribution in [-0.2, 0) is 37.0 Å². The minimum Gasteiger partial charge on any atom is -0.497 e. The van der Waals surface area contributed by atoms with Crippen LogP contribution in [0.25, 0.3) is 0 Å². The molecule has 30 heavy (non-hydrogen) atoms. The summed E-state index contributed by atoms with van der Waals surface area (Å²) in [6.07, 6.45) is 0. The Labute approximate surface area is 176 Å². The van der Waals surface area contributed by atoms with E-state index in [0.29, 0.717) is 5.75 Å². The number of carbonyl (C=O) groups excluding carboxylic acids is 3. The van der Waals surface area contributed by atoms with Crippen LogP contribution in [0.3, 0.4) is 0 Å². The van der Waals surface area contributed by atoms with Gasteiger partial charge in [0.15, 0.2) is 5.78 Å². The molecule has 0 fully saturated rings. The van der Waals surface area contributed by atoms with Crippen LogP contribution in [0.2, 0.25) is 0 Å². The van der Waals surface area contributed by atoms with Crippen LogP contribution in [0.4, 0.5) is 0 Å². The first-order valence-electron chi connectivity index (χ1n) is 9.47. The molecule has 7 nitrogen and oxygen atoms in total. The minimum absolute atomic E-state index is 0.0305. The van der Waals surface area contributed by atoms with Crippen molar-refractivity contribution in [3.63, 3.8) is 0 Å². The lowest BCUT2D eigenvalue weighted by atomic mass is 9.92. The number of benzene rings is 2. The number of hydrogen-bond acceptors (Lipinski definition) is 6. The van der Waals surface area contributed by atoms with E-state index in [4.69, 9.17) is 14.2 Å². The lowest BCUT2D eigenvalue weighted by molar-refractivity contribution is -0.172. The highest BCUT2D eigenvalue weighted by molar-refractivity contribution is 6.10. The fourth-order valence-electron chi connectivity index (χ4n) is 3.17. The number of methoxy groups -OCH3 is 2. The van der Waals surface area contributed by atoms with Crippen molar-refractivity contribution < 1.29 is 28.6 Å². The lowest BCUT2D eigenvalue weighted by Crippen LogP contribution is -2.63. The van der Waals surface area contributed by atoms with Crippen LogP contribution in [0.1, 0.15) is 25.0 Å². The summed E-state index contributed by atoms with van der Waals surface area (Å²) in [5.74, 6) is -1.17. The zero-order valence-corrected chi connectivity index (χ0v) is 17.7. The van der Waals surface area contributed by atoms with E-state index in [1.807, 2.05) is 30.3 Å².